The minimum atomic E-state index is -3.46. The van der Waals surface area contributed by atoms with E-state index >= 15 is 0 Å². The predicted molar refractivity (Wildman–Crippen MR) is 64.2 cm³/mol. The van der Waals surface area contributed by atoms with Gasteiger partial charge in [0.1, 0.15) is 4.90 Å². The number of nitrogens with zero attached hydrogens (tertiary/aromatic N) is 3. The third-order valence-electron chi connectivity index (χ3n) is 2.85. The number of rotatable bonds is 2. The summed E-state index contributed by atoms with van der Waals surface area (Å²) in [6.07, 6.45) is 4.48. The van der Waals surface area contributed by atoms with Gasteiger partial charge in [-0.15, -0.1) is 0 Å². The molecule has 0 radical (unpaired) electrons. The van der Waals surface area contributed by atoms with E-state index in [1.54, 1.807) is 0 Å². The second kappa shape index (κ2) is 4.88. The molecule has 0 saturated carbocycles. The molecule has 1 atom stereocenters. The highest BCUT2D eigenvalue weighted by Crippen LogP contribution is 2.22. The quantitative estimate of drug-likeness (QED) is 0.768. The molecule has 2 rings (SSSR count). The van der Waals surface area contributed by atoms with Gasteiger partial charge in [0.2, 0.25) is 15.3 Å². The highest BCUT2D eigenvalue weighted by atomic mass is 35.5. The van der Waals surface area contributed by atoms with Crippen LogP contribution in [0.1, 0.15) is 19.8 Å². The predicted octanol–water partition coefficient (Wildman–Crippen LogP) is 1.55. The number of sulfonamides is 1. The van der Waals surface area contributed by atoms with Crippen LogP contribution < -0.4 is 0 Å². The minimum Gasteiger partial charge on any atom is -0.225 e. The Morgan fingerprint density at radius 2 is 2.06 bits per heavy atom. The van der Waals surface area contributed by atoms with Gasteiger partial charge in [-0.1, -0.05) is 6.92 Å². The first kappa shape index (κ1) is 12.7. The van der Waals surface area contributed by atoms with E-state index in [0.717, 1.165) is 12.8 Å². The maximum absolute atomic E-state index is 12.2. The first-order chi connectivity index (χ1) is 8.00. The zero-order valence-electron chi connectivity index (χ0n) is 9.50. The first-order valence-corrected chi connectivity index (χ1v) is 7.29. The van der Waals surface area contributed by atoms with Crippen molar-refractivity contribution >= 4 is 21.6 Å². The van der Waals surface area contributed by atoms with Gasteiger partial charge >= 0.3 is 0 Å². The van der Waals surface area contributed by atoms with Crippen molar-refractivity contribution in [2.24, 2.45) is 5.92 Å². The Morgan fingerprint density at radius 1 is 1.41 bits per heavy atom. The van der Waals surface area contributed by atoms with Gasteiger partial charge in [-0.05, 0) is 30.4 Å². The highest BCUT2D eigenvalue weighted by molar-refractivity contribution is 7.89. The summed E-state index contributed by atoms with van der Waals surface area (Å²) < 4.78 is 26.0. The molecule has 1 unspecified atom stereocenters. The molecule has 1 aliphatic rings. The summed E-state index contributed by atoms with van der Waals surface area (Å²) >= 11 is 5.54. The molecule has 2 heterocycles. The fourth-order valence-electron chi connectivity index (χ4n) is 1.95. The van der Waals surface area contributed by atoms with Crippen molar-refractivity contribution in [2.75, 3.05) is 13.1 Å². The maximum Gasteiger partial charge on any atom is 0.246 e. The molecule has 0 aliphatic carbocycles. The number of piperidine rings is 1. The van der Waals surface area contributed by atoms with Crippen molar-refractivity contribution < 1.29 is 8.42 Å². The molecule has 1 aliphatic heterocycles. The summed E-state index contributed by atoms with van der Waals surface area (Å²) in [5, 5.41) is 0.0518. The van der Waals surface area contributed by atoms with E-state index in [-0.39, 0.29) is 10.2 Å². The monoisotopic (exact) mass is 275 g/mol. The second-order valence-corrected chi connectivity index (χ2v) is 6.57. The Morgan fingerprint density at radius 3 is 2.65 bits per heavy atom. The SMILES string of the molecule is CC1CCCN(S(=O)(=O)c2cnc(Cl)nc2)C1. The molecular weight excluding hydrogens is 262 g/mol. The normalized spacial score (nSPS) is 22.6. The molecule has 1 aromatic rings. The first-order valence-electron chi connectivity index (χ1n) is 5.48. The summed E-state index contributed by atoms with van der Waals surface area (Å²) in [5.41, 5.74) is 0. The van der Waals surface area contributed by atoms with E-state index in [4.69, 9.17) is 11.6 Å². The summed E-state index contributed by atoms with van der Waals surface area (Å²) in [6.45, 7) is 3.18. The molecule has 1 saturated heterocycles. The van der Waals surface area contributed by atoms with Crippen LogP contribution in [-0.2, 0) is 10.0 Å². The molecule has 17 heavy (non-hydrogen) atoms. The van der Waals surface area contributed by atoms with Crippen LogP contribution in [0.2, 0.25) is 5.28 Å². The second-order valence-electron chi connectivity index (χ2n) is 4.30. The van der Waals surface area contributed by atoms with E-state index in [1.807, 2.05) is 0 Å². The molecule has 0 aromatic carbocycles. The van der Waals surface area contributed by atoms with Gasteiger partial charge in [-0.3, -0.25) is 0 Å². The molecular formula is C10H14ClN3O2S. The fraction of sp³-hybridized carbons (Fsp3) is 0.600. The van der Waals surface area contributed by atoms with Crippen molar-refractivity contribution in [3.63, 3.8) is 0 Å². The van der Waals surface area contributed by atoms with Gasteiger partial charge in [0.15, 0.2) is 0 Å². The molecule has 0 spiro atoms. The van der Waals surface area contributed by atoms with Gasteiger partial charge in [0.05, 0.1) is 12.4 Å². The molecule has 1 fully saturated rings. The van der Waals surface area contributed by atoms with Gasteiger partial charge in [0.25, 0.3) is 0 Å². The van der Waals surface area contributed by atoms with Crippen molar-refractivity contribution in [3.8, 4) is 0 Å². The van der Waals surface area contributed by atoms with E-state index in [1.165, 1.54) is 16.7 Å². The van der Waals surface area contributed by atoms with Gasteiger partial charge in [-0.2, -0.15) is 4.31 Å². The van der Waals surface area contributed by atoms with Crippen LogP contribution in [0.4, 0.5) is 0 Å². The lowest BCUT2D eigenvalue weighted by Gasteiger charge is -2.29. The number of aromatic nitrogens is 2. The standard InChI is InChI=1S/C10H14ClN3O2S/c1-8-3-2-4-14(7-8)17(15,16)9-5-12-10(11)13-6-9/h5-6,8H,2-4,7H2,1H3. The van der Waals surface area contributed by atoms with E-state index in [0.29, 0.717) is 19.0 Å². The van der Waals surface area contributed by atoms with E-state index in [9.17, 15) is 8.42 Å². The van der Waals surface area contributed by atoms with E-state index < -0.39 is 10.0 Å². The van der Waals surface area contributed by atoms with E-state index in [2.05, 4.69) is 16.9 Å². The average Bonchev–Trinajstić information content (AvgIpc) is 2.29. The molecule has 1 aromatic heterocycles. The lowest BCUT2D eigenvalue weighted by molar-refractivity contribution is 0.281. The van der Waals surface area contributed by atoms with Crippen LogP contribution in [0.25, 0.3) is 0 Å². The average molecular weight is 276 g/mol. The molecule has 7 heteroatoms. The van der Waals surface area contributed by atoms with Crippen LogP contribution in [-0.4, -0.2) is 35.8 Å². The largest absolute Gasteiger partial charge is 0.246 e. The van der Waals surface area contributed by atoms with Crippen molar-refractivity contribution in [1.29, 1.82) is 0 Å². The Labute approximate surface area is 106 Å². The Kier molecular flexibility index (Phi) is 3.65. The lowest BCUT2D eigenvalue weighted by atomic mass is 10.0. The molecule has 0 bridgehead atoms. The van der Waals surface area contributed by atoms with Crippen LogP contribution in [0.3, 0.4) is 0 Å². The third-order valence-corrected chi connectivity index (χ3v) is 4.87. The fourth-order valence-corrected chi connectivity index (χ4v) is 3.54. The molecule has 0 amide bonds. The van der Waals surface area contributed by atoms with Crippen LogP contribution in [0, 0.1) is 5.92 Å². The Bertz CT molecular complexity index is 489. The highest BCUT2D eigenvalue weighted by Gasteiger charge is 2.29. The Balaban J connectivity index is 2.26. The number of hydrogen-bond donors (Lipinski definition) is 0. The number of hydrogen-bond acceptors (Lipinski definition) is 4. The van der Waals surface area contributed by atoms with Crippen molar-refractivity contribution in [1.82, 2.24) is 14.3 Å². The number of halogens is 1. The smallest absolute Gasteiger partial charge is 0.225 e. The topological polar surface area (TPSA) is 63.2 Å². The zero-order chi connectivity index (χ0) is 12.5. The zero-order valence-corrected chi connectivity index (χ0v) is 11.1. The molecule has 0 N–H and O–H groups in total. The summed E-state index contributed by atoms with van der Waals surface area (Å²) in [6, 6.07) is 0. The summed E-state index contributed by atoms with van der Waals surface area (Å²) in [5.74, 6) is 0.395. The summed E-state index contributed by atoms with van der Waals surface area (Å²) in [7, 11) is -3.46. The summed E-state index contributed by atoms with van der Waals surface area (Å²) in [4.78, 5) is 7.52. The third kappa shape index (κ3) is 2.75. The van der Waals surface area contributed by atoms with Gasteiger partial charge < -0.3 is 0 Å². The van der Waals surface area contributed by atoms with Gasteiger partial charge in [0, 0.05) is 13.1 Å². The van der Waals surface area contributed by atoms with Crippen LogP contribution in [0.5, 0.6) is 0 Å². The minimum absolute atomic E-state index is 0.0518. The van der Waals surface area contributed by atoms with Crippen LogP contribution >= 0.6 is 11.6 Å². The lowest BCUT2D eigenvalue weighted by Crippen LogP contribution is -2.39. The maximum atomic E-state index is 12.2. The van der Waals surface area contributed by atoms with Crippen LogP contribution in [0.15, 0.2) is 17.3 Å². The van der Waals surface area contributed by atoms with Gasteiger partial charge in [-0.25, -0.2) is 18.4 Å². The van der Waals surface area contributed by atoms with Crippen molar-refractivity contribution in [2.45, 2.75) is 24.7 Å². The van der Waals surface area contributed by atoms with Crippen molar-refractivity contribution in [3.05, 3.63) is 17.7 Å². The Hall–Kier alpha value is -0.720. The molecule has 5 nitrogen and oxygen atoms in total. The molecule has 94 valence electrons.